The molecular formula is C61H98O6. The molecule has 0 aliphatic rings. The maximum atomic E-state index is 12.8. The monoisotopic (exact) mass is 927 g/mol. The molecule has 0 rings (SSSR count). The Balaban J connectivity index is 4.53. The normalized spacial score (nSPS) is 13.1. The Hall–Kier alpha value is -4.19. The van der Waals surface area contributed by atoms with Crippen molar-refractivity contribution in [3.8, 4) is 0 Å². The maximum Gasteiger partial charge on any atom is 0.306 e. The number of unbranched alkanes of at least 4 members (excludes halogenated alkanes) is 23. The van der Waals surface area contributed by atoms with Crippen molar-refractivity contribution in [2.75, 3.05) is 13.2 Å². The van der Waals surface area contributed by atoms with Crippen molar-refractivity contribution in [1.29, 1.82) is 0 Å². The maximum absolute atomic E-state index is 12.8. The third kappa shape index (κ3) is 52.6. The molecule has 0 aliphatic heterocycles. The van der Waals surface area contributed by atoms with Gasteiger partial charge in [-0.25, -0.2) is 0 Å². The lowest BCUT2D eigenvalue weighted by atomic mass is 10.1. The fraction of sp³-hybridized carbons (Fsp3) is 0.623. The van der Waals surface area contributed by atoms with E-state index in [4.69, 9.17) is 14.2 Å². The second-order valence-corrected chi connectivity index (χ2v) is 17.6. The molecular weight excluding hydrogens is 829 g/mol. The number of hydrogen-bond donors (Lipinski definition) is 0. The smallest absolute Gasteiger partial charge is 0.306 e. The summed E-state index contributed by atoms with van der Waals surface area (Å²) in [5.41, 5.74) is 0. The van der Waals surface area contributed by atoms with Gasteiger partial charge in [0.25, 0.3) is 0 Å². The van der Waals surface area contributed by atoms with Gasteiger partial charge in [0.1, 0.15) is 13.2 Å². The highest BCUT2D eigenvalue weighted by Crippen LogP contribution is 2.13. The number of rotatable bonds is 47. The lowest BCUT2D eigenvalue weighted by molar-refractivity contribution is -0.167. The van der Waals surface area contributed by atoms with Gasteiger partial charge in [0.2, 0.25) is 0 Å². The van der Waals surface area contributed by atoms with Gasteiger partial charge in [0, 0.05) is 19.3 Å². The van der Waals surface area contributed by atoms with Gasteiger partial charge in [-0.3, -0.25) is 14.4 Å². The quantitative estimate of drug-likeness (QED) is 0.0262. The van der Waals surface area contributed by atoms with Gasteiger partial charge in [-0.2, -0.15) is 0 Å². The Labute approximate surface area is 412 Å². The highest BCUT2D eigenvalue weighted by Gasteiger charge is 2.19. The third-order valence-electron chi connectivity index (χ3n) is 11.1. The van der Waals surface area contributed by atoms with E-state index in [-0.39, 0.29) is 37.5 Å². The SMILES string of the molecule is CC\C=C/C=C\C=C/CCCCCCCCCC(=O)OCC(COC(=O)CCCCCCC\C=C/C=C\C=C/C=C\C=C/CCC)OC(=O)CCCCC/C=C\C=C/CCCCCCCCC. The summed E-state index contributed by atoms with van der Waals surface area (Å²) in [6.45, 7) is 6.35. The van der Waals surface area contributed by atoms with Crippen molar-refractivity contribution < 1.29 is 28.6 Å². The molecule has 1 atom stereocenters. The predicted molar refractivity (Wildman–Crippen MR) is 288 cm³/mol. The van der Waals surface area contributed by atoms with Crippen molar-refractivity contribution in [3.63, 3.8) is 0 Å². The molecule has 6 heteroatoms. The van der Waals surface area contributed by atoms with Gasteiger partial charge in [-0.15, -0.1) is 0 Å². The summed E-state index contributed by atoms with van der Waals surface area (Å²) < 4.78 is 16.8. The summed E-state index contributed by atoms with van der Waals surface area (Å²) in [6, 6.07) is 0. The van der Waals surface area contributed by atoms with Crippen LogP contribution in [0.2, 0.25) is 0 Å². The van der Waals surface area contributed by atoms with Crippen LogP contribution < -0.4 is 0 Å². The summed E-state index contributed by atoms with van der Waals surface area (Å²) >= 11 is 0. The molecule has 0 amide bonds. The number of carbonyl (C=O) groups excluding carboxylic acids is 3. The van der Waals surface area contributed by atoms with E-state index in [1.807, 2.05) is 24.3 Å². The Bertz CT molecular complexity index is 1440. The van der Waals surface area contributed by atoms with E-state index >= 15 is 0 Å². The first-order valence-electron chi connectivity index (χ1n) is 27.2. The van der Waals surface area contributed by atoms with Crippen LogP contribution >= 0.6 is 0 Å². The van der Waals surface area contributed by atoms with Gasteiger partial charge in [-0.1, -0.05) is 245 Å². The Morgan fingerprint density at radius 3 is 1.00 bits per heavy atom. The number of ether oxygens (including phenoxy) is 3. The molecule has 0 N–H and O–H groups in total. The third-order valence-corrected chi connectivity index (χ3v) is 11.1. The molecule has 0 aromatic rings. The molecule has 0 aromatic carbocycles. The molecule has 0 radical (unpaired) electrons. The standard InChI is InChI=1S/C61H98O6/c1-4-7-10-13-16-19-22-25-28-30-31-34-36-39-42-45-48-51-54-60(63)66-57-58(56-65-59(62)53-50-47-44-41-38-35-32-27-24-21-18-15-12-9-6-3)67-61(64)55-52-49-46-43-40-37-33-29-26-23-20-17-14-11-8-5-2/h9-10,12-13,15-16,18-19,21-22,24-25,28-31,33-34,37,40,58H,4-8,11,14,17,20,23,26-27,32,35-36,38-39,41-57H2,1-3H3/b12-9-,13-10-,18-15-,19-16-,24-21-,25-22-,30-28-,33-29-,34-31-,40-37-. The van der Waals surface area contributed by atoms with E-state index in [1.54, 1.807) is 0 Å². The lowest BCUT2D eigenvalue weighted by Crippen LogP contribution is -2.30. The van der Waals surface area contributed by atoms with E-state index in [9.17, 15) is 14.4 Å². The van der Waals surface area contributed by atoms with Gasteiger partial charge in [0.15, 0.2) is 6.10 Å². The average molecular weight is 927 g/mol. The topological polar surface area (TPSA) is 78.9 Å². The molecule has 0 spiro atoms. The highest BCUT2D eigenvalue weighted by atomic mass is 16.6. The molecule has 0 bridgehead atoms. The van der Waals surface area contributed by atoms with Crippen LogP contribution in [0.15, 0.2) is 122 Å². The van der Waals surface area contributed by atoms with Gasteiger partial charge >= 0.3 is 17.9 Å². The number of esters is 3. The Kier molecular flexibility index (Phi) is 51.0. The van der Waals surface area contributed by atoms with Crippen molar-refractivity contribution in [3.05, 3.63) is 122 Å². The first-order valence-corrected chi connectivity index (χ1v) is 27.2. The molecule has 0 aliphatic carbocycles. The first kappa shape index (κ1) is 62.8. The average Bonchev–Trinajstić information content (AvgIpc) is 3.33. The second kappa shape index (κ2) is 54.4. The van der Waals surface area contributed by atoms with Crippen LogP contribution in [0.3, 0.4) is 0 Å². The van der Waals surface area contributed by atoms with Gasteiger partial charge in [-0.05, 0) is 83.5 Å². The zero-order chi connectivity index (χ0) is 48.6. The van der Waals surface area contributed by atoms with Crippen LogP contribution in [0.5, 0.6) is 0 Å². The lowest BCUT2D eigenvalue weighted by Gasteiger charge is -2.18. The van der Waals surface area contributed by atoms with Crippen LogP contribution in [-0.4, -0.2) is 37.2 Å². The summed E-state index contributed by atoms with van der Waals surface area (Å²) in [7, 11) is 0. The highest BCUT2D eigenvalue weighted by molar-refractivity contribution is 5.71. The predicted octanol–water partition coefficient (Wildman–Crippen LogP) is 18.1. The largest absolute Gasteiger partial charge is 0.462 e. The fourth-order valence-electron chi connectivity index (χ4n) is 7.05. The molecule has 0 saturated carbocycles. The van der Waals surface area contributed by atoms with Crippen LogP contribution in [0, 0.1) is 0 Å². The zero-order valence-electron chi connectivity index (χ0n) is 43.1. The number of allylic oxidation sites excluding steroid dienone is 20. The van der Waals surface area contributed by atoms with E-state index in [0.717, 1.165) is 109 Å². The van der Waals surface area contributed by atoms with Crippen molar-refractivity contribution in [1.82, 2.24) is 0 Å². The van der Waals surface area contributed by atoms with E-state index < -0.39 is 6.10 Å². The van der Waals surface area contributed by atoms with Crippen LogP contribution in [0.1, 0.15) is 226 Å². The number of hydrogen-bond acceptors (Lipinski definition) is 6. The molecule has 0 fully saturated rings. The minimum atomic E-state index is -0.812. The Morgan fingerprint density at radius 2 is 0.612 bits per heavy atom. The van der Waals surface area contributed by atoms with Crippen LogP contribution in [-0.2, 0) is 28.6 Å². The van der Waals surface area contributed by atoms with E-state index in [2.05, 4.69) is 118 Å². The molecule has 67 heavy (non-hydrogen) atoms. The summed E-state index contributed by atoms with van der Waals surface area (Å²) in [4.78, 5) is 38.1. The van der Waals surface area contributed by atoms with Crippen molar-refractivity contribution in [2.45, 2.75) is 232 Å². The summed E-state index contributed by atoms with van der Waals surface area (Å²) in [6.07, 6.45) is 74.6. The van der Waals surface area contributed by atoms with Crippen LogP contribution in [0.4, 0.5) is 0 Å². The van der Waals surface area contributed by atoms with Crippen molar-refractivity contribution >= 4 is 17.9 Å². The summed E-state index contributed by atoms with van der Waals surface area (Å²) in [5, 5.41) is 0. The molecule has 1 unspecified atom stereocenters. The number of carbonyl (C=O) groups is 3. The molecule has 0 saturated heterocycles. The molecule has 6 nitrogen and oxygen atoms in total. The zero-order valence-corrected chi connectivity index (χ0v) is 43.1. The summed E-state index contributed by atoms with van der Waals surface area (Å²) in [5.74, 6) is -0.975. The molecule has 0 aromatic heterocycles. The van der Waals surface area contributed by atoms with E-state index in [1.165, 1.54) is 77.0 Å². The fourth-order valence-corrected chi connectivity index (χ4v) is 7.05. The minimum Gasteiger partial charge on any atom is -0.462 e. The van der Waals surface area contributed by atoms with Crippen LogP contribution in [0.25, 0.3) is 0 Å². The minimum absolute atomic E-state index is 0.107. The second-order valence-electron chi connectivity index (χ2n) is 17.6. The first-order chi connectivity index (χ1) is 33.0. The molecule has 0 heterocycles. The van der Waals surface area contributed by atoms with Gasteiger partial charge in [0.05, 0.1) is 0 Å². The van der Waals surface area contributed by atoms with Crippen molar-refractivity contribution in [2.24, 2.45) is 0 Å². The molecule has 378 valence electrons. The van der Waals surface area contributed by atoms with E-state index in [0.29, 0.717) is 12.8 Å². The Morgan fingerprint density at radius 1 is 0.313 bits per heavy atom. The van der Waals surface area contributed by atoms with Gasteiger partial charge < -0.3 is 14.2 Å².